The first kappa shape index (κ1) is 13.6. The second kappa shape index (κ2) is 6.18. The van der Waals surface area contributed by atoms with Crippen molar-refractivity contribution in [2.75, 3.05) is 0 Å². The molecule has 6 heteroatoms. The first-order valence-corrected chi connectivity index (χ1v) is 4.21. The van der Waals surface area contributed by atoms with Crippen molar-refractivity contribution < 1.29 is 19.5 Å². The van der Waals surface area contributed by atoms with E-state index in [4.69, 9.17) is 5.11 Å². The second-order valence-electron chi connectivity index (χ2n) is 2.81. The number of hydrogen-bond donors (Lipinski definition) is 3. The zero-order chi connectivity index (χ0) is 12.7. The third kappa shape index (κ3) is 4.75. The minimum Gasteiger partial charge on any atom is -0.477 e. The standard InChI is InChI=1S/C10H12N2O4/c1-4-8(13)11-5-7(10(15)16)12-9(14)6(2)3/h4-5H,1-2H2,3H3,(H,11,13)(H,12,14)(H,15,16). The molecule has 0 saturated heterocycles. The molecule has 6 nitrogen and oxygen atoms in total. The van der Waals surface area contributed by atoms with Crippen LogP contribution in [0.1, 0.15) is 6.92 Å². The van der Waals surface area contributed by atoms with Gasteiger partial charge in [0.1, 0.15) is 5.70 Å². The predicted octanol–water partition coefficient (Wildman–Crippen LogP) is -0.0931. The molecule has 0 aromatic heterocycles. The third-order valence-corrected chi connectivity index (χ3v) is 1.41. The smallest absolute Gasteiger partial charge is 0.353 e. The van der Waals surface area contributed by atoms with Crippen LogP contribution in [-0.2, 0) is 14.4 Å². The Kier molecular flexibility index (Phi) is 5.26. The molecule has 16 heavy (non-hydrogen) atoms. The Morgan fingerprint density at radius 2 is 1.88 bits per heavy atom. The lowest BCUT2D eigenvalue weighted by Crippen LogP contribution is -2.30. The molecule has 0 heterocycles. The molecular formula is C10H12N2O4. The predicted molar refractivity (Wildman–Crippen MR) is 57.0 cm³/mol. The molecule has 0 saturated carbocycles. The summed E-state index contributed by atoms with van der Waals surface area (Å²) >= 11 is 0. The van der Waals surface area contributed by atoms with Crippen molar-refractivity contribution in [3.8, 4) is 0 Å². The Balaban J connectivity index is 4.68. The van der Waals surface area contributed by atoms with Gasteiger partial charge in [-0.2, -0.15) is 0 Å². The zero-order valence-corrected chi connectivity index (χ0v) is 8.74. The van der Waals surface area contributed by atoms with Crippen LogP contribution in [0.25, 0.3) is 0 Å². The third-order valence-electron chi connectivity index (χ3n) is 1.41. The van der Waals surface area contributed by atoms with Crippen molar-refractivity contribution in [3.63, 3.8) is 0 Å². The van der Waals surface area contributed by atoms with Gasteiger partial charge < -0.3 is 15.7 Å². The minimum atomic E-state index is -1.38. The minimum absolute atomic E-state index is 0.155. The van der Waals surface area contributed by atoms with Crippen LogP contribution in [0.4, 0.5) is 0 Å². The van der Waals surface area contributed by atoms with Crippen molar-refractivity contribution in [2.24, 2.45) is 0 Å². The quantitative estimate of drug-likeness (QED) is 0.568. The van der Waals surface area contributed by atoms with Crippen LogP contribution in [0.3, 0.4) is 0 Å². The maximum absolute atomic E-state index is 11.1. The van der Waals surface area contributed by atoms with Crippen molar-refractivity contribution in [2.45, 2.75) is 6.92 Å². The van der Waals surface area contributed by atoms with Crippen molar-refractivity contribution in [3.05, 3.63) is 36.7 Å². The summed E-state index contributed by atoms with van der Waals surface area (Å²) in [6.07, 6.45) is 1.84. The van der Waals surface area contributed by atoms with E-state index in [9.17, 15) is 14.4 Å². The largest absolute Gasteiger partial charge is 0.477 e. The van der Waals surface area contributed by atoms with Crippen LogP contribution in [0.15, 0.2) is 36.7 Å². The molecular weight excluding hydrogens is 212 g/mol. The van der Waals surface area contributed by atoms with Crippen LogP contribution in [0.5, 0.6) is 0 Å². The fraction of sp³-hybridized carbons (Fsp3) is 0.100. The number of nitrogens with one attached hydrogen (secondary N) is 2. The molecule has 0 rings (SSSR count). The number of hydrogen-bond acceptors (Lipinski definition) is 3. The SMILES string of the molecule is C=CC(=O)NC=C(NC(=O)C(=C)C)C(=O)O. The maximum atomic E-state index is 11.1. The summed E-state index contributed by atoms with van der Waals surface area (Å²) in [4.78, 5) is 32.6. The van der Waals surface area contributed by atoms with Gasteiger partial charge in [-0.25, -0.2) is 4.79 Å². The highest BCUT2D eigenvalue weighted by atomic mass is 16.4. The number of aliphatic carboxylic acids is 1. The molecule has 0 spiro atoms. The van der Waals surface area contributed by atoms with E-state index in [1.165, 1.54) is 6.92 Å². The summed E-state index contributed by atoms with van der Waals surface area (Å²) < 4.78 is 0. The number of carbonyl (C=O) groups is 3. The van der Waals surface area contributed by atoms with E-state index in [1.54, 1.807) is 0 Å². The van der Waals surface area contributed by atoms with Gasteiger partial charge >= 0.3 is 5.97 Å². The monoisotopic (exact) mass is 224 g/mol. The van der Waals surface area contributed by atoms with Crippen LogP contribution in [0.2, 0.25) is 0 Å². The number of carboxylic acid groups (broad SMARTS) is 1. The lowest BCUT2D eigenvalue weighted by atomic mass is 10.3. The Bertz CT molecular complexity index is 382. The summed E-state index contributed by atoms with van der Waals surface area (Å²) in [6.45, 7) is 7.95. The molecule has 0 unspecified atom stereocenters. The van der Waals surface area contributed by atoms with Crippen molar-refractivity contribution in [1.82, 2.24) is 10.6 Å². The lowest BCUT2D eigenvalue weighted by molar-refractivity contribution is -0.134. The molecule has 0 aliphatic heterocycles. The van der Waals surface area contributed by atoms with E-state index in [1.807, 2.05) is 0 Å². The molecule has 0 fully saturated rings. The lowest BCUT2D eigenvalue weighted by Gasteiger charge is -2.05. The van der Waals surface area contributed by atoms with Gasteiger partial charge in [0.15, 0.2) is 0 Å². The van der Waals surface area contributed by atoms with Gasteiger partial charge in [0.05, 0.1) is 0 Å². The van der Waals surface area contributed by atoms with E-state index in [2.05, 4.69) is 23.8 Å². The van der Waals surface area contributed by atoms with E-state index in [0.717, 1.165) is 12.3 Å². The van der Waals surface area contributed by atoms with E-state index >= 15 is 0 Å². The van der Waals surface area contributed by atoms with E-state index in [-0.39, 0.29) is 5.57 Å². The van der Waals surface area contributed by atoms with Gasteiger partial charge in [0, 0.05) is 11.8 Å². The Morgan fingerprint density at radius 1 is 1.31 bits per heavy atom. The first-order valence-electron chi connectivity index (χ1n) is 4.21. The van der Waals surface area contributed by atoms with Gasteiger partial charge in [-0.15, -0.1) is 0 Å². The van der Waals surface area contributed by atoms with Crippen LogP contribution < -0.4 is 10.6 Å². The van der Waals surface area contributed by atoms with Gasteiger partial charge in [-0.1, -0.05) is 13.2 Å². The number of amides is 2. The van der Waals surface area contributed by atoms with Gasteiger partial charge in [-0.3, -0.25) is 9.59 Å². The highest BCUT2D eigenvalue weighted by Crippen LogP contribution is 1.92. The molecule has 0 aromatic carbocycles. The summed E-state index contributed by atoms with van der Waals surface area (Å²) in [5, 5.41) is 12.9. The number of carbonyl (C=O) groups excluding carboxylic acids is 2. The average Bonchev–Trinajstić information content (AvgIpc) is 2.22. The average molecular weight is 224 g/mol. The first-order chi connectivity index (χ1) is 7.38. The Morgan fingerprint density at radius 3 is 2.25 bits per heavy atom. The molecule has 0 aliphatic carbocycles. The molecule has 2 amide bonds. The Hall–Kier alpha value is -2.37. The van der Waals surface area contributed by atoms with E-state index < -0.39 is 23.5 Å². The molecule has 0 bridgehead atoms. The van der Waals surface area contributed by atoms with Gasteiger partial charge in [0.25, 0.3) is 5.91 Å². The van der Waals surface area contributed by atoms with Crippen LogP contribution in [-0.4, -0.2) is 22.9 Å². The van der Waals surface area contributed by atoms with Crippen LogP contribution in [0, 0.1) is 0 Å². The number of rotatable bonds is 5. The van der Waals surface area contributed by atoms with Crippen molar-refractivity contribution >= 4 is 17.8 Å². The van der Waals surface area contributed by atoms with Crippen LogP contribution >= 0.6 is 0 Å². The molecule has 86 valence electrons. The highest BCUT2D eigenvalue weighted by Gasteiger charge is 2.11. The maximum Gasteiger partial charge on any atom is 0.353 e. The fourth-order valence-electron chi connectivity index (χ4n) is 0.583. The molecule has 0 aliphatic rings. The summed E-state index contributed by atoms with van der Waals surface area (Å²) in [5.41, 5.74) is -0.301. The van der Waals surface area contributed by atoms with Crippen molar-refractivity contribution in [1.29, 1.82) is 0 Å². The van der Waals surface area contributed by atoms with Gasteiger partial charge in [0.2, 0.25) is 5.91 Å². The molecule has 0 radical (unpaired) electrons. The molecule has 0 atom stereocenters. The summed E-state index contributed by atoms with van der Waals surface area (Å²) in [6, 6.07) is 0. The number of carboxylic acids is 1. The summed E-state index contributed by atoms with van der Waals surface area (Å²) in [5.74, 6) is -2.59. The highest BCUT2D eigenvalue weighted by molar-refractivity contribution is 5.99. The topological polar surface area (TPSA) is 95.5 Å². The Labute approximate surface area is 92.3 Å². The van der Waals surface area contributed by atoms with Gasteiger partial charge in [-0.05, 0) is 13.0 Å². The molecule has 3 N–H and O–H groups in total. The van der Waals surface area contributed by atoms with E-state index in [0.29, 0.717) is 0 Å². The fourth-order valence-corrected chi connectivity index (χ4v) is 0.583. The molecule has 0 aromatic rings. The summed E-state index contributed by atoms with van der Waals surface area (Å²) in [7, 11) is 0. The zero-order valence-electron chi connectivity index (χ0n) is 8.74. The normalized spacial score (nSPS) is 10.2. The second-order valence-corrected chi connectivity index (χ2v) is 2.81.